The van der Waals surface area contributed by atoms with E-state index in [0.29, 0.717) is 23.8 Å². The highest BCUT2D eigenvalue weighted by molar-refractivity contribution is 6.31. The zero-order valence-electron chi connectivity index (χ0n) is 19.0. The molecule has 174 valence electrons. The number of benzene rings is 1. The Balaban J connectivity index is 1.46. The number of amides is 4. The average molecular weight is 461 g/mol. The number of imide groups is 1. The molecule has 0 unspecified atom stereocenters. The van der Waals surface area contributed by atoms with Gasteiger partial charge < -0.3 is 15.6 Å². The predicted octanol–water partition coefficient (Wildman–Crippen LogP) is 4.40. The molecule has 0 spiro atoms. The van der Waals surface area contributed by atoms with Crippen molar-refractivity contribution in [2.24, 2.45) is 5.92 Å². The smallest absolute Gasteiger partial charge is 0.324 e. The van der Waals surface area contributed by atoms with Gasteiger partial charge in [0.2, 0.25) is 5.91 Å². The van der Waals surface area contributed by atoms with Crippen molar-refractivity contribution in [3.63, 3.8) is 0 Å². The summed E-state index contributed by atoms with van der Waals surface area (Å²) in [5.41, 5.74) is 1.96. The van der Waals surface area contributed by atoms with E-state index < -0.39 is 12.1 Å². The van der Waals surface area contributed by atoms with Crippen LogP contribution in [0.3, 0.4) is 0 Å². The maximum Gasteiger partial charge on any atom is 0.324 e. The van der Waals surface area contributed by atoms with Crippen molar-refractivity contribution < 1.29 is 14.4 Å². The monoisotopic (exact) mass is 460 g/mol. The van der Waals surface area contributed by atoms with Gasteiger partial charge in [0.25, 0.3) is 5.91 Å². The lowest BCUT2D eigenvalue weighted by Gasteiger charge is -2.15. The summed E-state index contributed by atoms with van der Waals surface area (Å²) < 4.78 is 0. The molecule has 4 amide bonds. The summed E-state index contributed by atoms with van der Waals surface area (Å²) in [5, 5.41) is 7.33. The van der Waals surface area contributed by atoms with Gasteiger partial charge >= 0.3 is 6.03 Å². The van der Waals surface area contributed by atoms with Gasteiger partial charge in [0.15, 0.2) is 0 Å². The summed E-state index contributed by atoms with van der Waals surface area (Å²) in [6.07, 6.45) is 6.08. The minimum atomic E-state index is -0.651. The van der Waals surface area contributed by atoms with Crippen LogP contribution >= 0.6 is 11.6 Å². The predicted molar refractivity (Wildman–Crippen MR) is 127 cm³/mol. The SMILES string of the molecule is CC(C)CCC[C@H](C)NC(=O)CC[C@@H]1NC(=O)N(CCc2c[nH]c3ccc(Cl)cc23)C1=O. The number of carbonyl (C=O) groups is 3. The van der Waals surface area contributed by atoms with Crippen LogP contribution < -0.4 is 10.6 Å². The lowest BCUT2D eigenvalue weighted by atomic mass is 10.0. The molecule has 3 N–H and O–H groups in total. The second kappa shape index (κ2) is 10.9. The highest BCUT2D eigenvalue weighted by Crippen LogP contribution is 2.23. The van der Waals surface area contributed by atoms with Gasteiger partial charge in [0.1, 0.15) is 6.04 Å². The second-order valence-corrected chi connectivity index (χ2v) is 9.51. The molecule has 2 heterocycles. The van der Waals surface area contributed by atoms with Gasteiger partial charge in [-0.15, -0.1) is 0 Å². The van der Waals surface area contributed by atoms with E-state index in [0.717, 1.165) is 35.7 Å². The number of aromatic nitrogens is 1. The number of halogens is 1. The Labute approximate surface area is 194 Å². The molecule has 2 aromatic rings. The Hall–Kier alpha value is -2.54. The van der Waals surface area contributed by atoms with Gasteiger partial charge in [-0.1, -0.05) is 38.3 Å². The molecule has 1 aliphatic rings. The minimum Gasteiger partial charge on any atom is -0.361 e. The molecule has 0 saturated carbocycles. The van der Waals surface area contributed by atoms with E-state index in [1.54, 1.807) is 0 Å². The molecular weight excluding hydrogens is 428 g/mol. The number of rotatable bonds is 11. The topological polar surface area (TPSA) is 94.3 Å². The van der Waals surface area contributed by atoms with Crippen molar-refractivity contribution in [2.75, 3.05) is 6.54 Å². The van der Waals surface area contributed by atoms with Crippen molar-refractivity contribution in [2.45, 2.75) is 71.4 Å². The molecule has 2 atom stereocenters. The maximum atomic E-state index is 12.7. The quantitative estimate of drug-likeness (QED) is 0.434. The summed E-state index contributed by atoms with van der Waals surface area (Å²) in [4.78, 5) is 41.7. The van der Waals surface area contributed by atoms with Gasteiger partial charge in [-0.2, -0.15) is 0 Å². The van der Waals surface area contributed by atoms with Crippen LogP contribution in [-0.2, 0) is 16.0 Å². The zero-order valence-corrected chi connectivity index (χ0v) is 19.8. The number of hydrogen-bond donors (Lipinski definition) is 3. The molecule has 1 aromatic carbocycles. The summed E-state index contributed by atoms with van der Waals surface area (Å²) >= 11 is 6.09. The molecular formula is C24H33ClN4O3. The third kappa shape index (κ3) is 6.25. The number of H-pyrrole nitrogens is 1. The third-order valence-corrected chi connectivity index (χ3v) is 6.16. The second-order valence-electron chi connectivity index (χ2n) is 9.08. The Morgan fingerprint density at radius 3 is 2.75 bits per heavy atom. The fourth-order valence-electron chi connectivity index (χ4n) is 4.10. The molecule has 32 heavy (non-hydrogen) atoms. The van der Waals surface area contributed by atoms with Crippen LogP contribution in [0.5, 0.6) is 0 Å². The lowest BCUT2D eigenvalue weighted by Crippen LogP contribution is -2.35. The third-order valence-electron chi connectivity index (χ3n) is 5.93. The number of urea groups is 1. The van der Waals surface area contributed by atoms with Gasteiger partial charge in [0, 0.05) is 41.1 Å². The van der Waals surface area contributed by atoms with Crippen molar-refractivity contribution in [1.82, 2.24) is 20.5 Å². The van der Waals surface area contributed by atoms with Crippen LogP contribution in [0, 0.1) is 5.92 Å². The van der Waals surface area contributed by atoms with Crippen LogP contribution in [-0.4, -0.2) is 46.4 Å². The number of aromatic amines is 1. The van der Waals surface area contributed by atoms with Crippen LogP contribution in [0.1, 0.15) is 58.4 Å². The Morgan fingerprint density at radius 1 is 1.22 bits per heavy atom. The van der Waals surface area contributed by atoms with E-state index >= 15 is 0 Å². The Morgan fingerprint density at radius 2 is 2.00 bits per heavy atom. The van der Waals surface area contributed by atoms with Gasteiger partial charge in [-0.25, -0.2) is 4.79 Å². The standard InChI is InChI=1S/C24H33ClN4O3/c1-15(2)5-4-6-16(3)27-22(30)10-9-21-23(31)29(24(32)28-21)12-11-17-14-26-20-8-7-18(25)13-19(17)20/h7-8,13-16,21,26H,4-6,9-12H2,1-3H3,(H,27,30)(H,28,32)/t16-,21-/m0/s1. The van der Waals surface area contributed by atoms with Gasteiger partial charge in [0.05, 0.1) is 0 Å². The summed E-state index contributed by atoms with van der Waals surface area (Å²) in [6.45, 7) is 6.66. The number of hydrogen-bond acceptors (Lipinski definition) is 3. The zero-order chi connectivity index (χ0) is 23.3. The Bertz CT molecular complexity index is 971. The first-order chi connectivity index (χ1) is 15.2. The van der Waals surface area contributed by atoms with E-state index in [2.05, 4.69) is 29.5 Å². The first-order valence-electron chi connectivity index (χ1n) is 11.4. The molecule has 8 heteroatoms. The van der Waals surface area contributed by atoms with Crippen molar-refractivity contribution in [3.8, 4) is 0 Å². The summed E-state index contributed by atoms with van der Waals surface area (Å²) in [7, 11) is 0. The van der Waals surface area contributed by atoms with Gasteiger partial charge in [-0.05, 0) is 55.9 Å². The molecule has 1 aromatic heterocycles. The van der Waals surface area contributed by atoms with E-state index in [-0.39, 0.29) is 30.8 Å². The fraction of sp³-hybridized carbons (Fsp3) is 0.542. The molecule has 1 fully saturated rings. The van der Waals surface area contributed by atoms with E-state index in [4.69, 9.17) is 11.6 Å². The molecule has 0 bridgehead atoms. The van der Waals surface area contributed by atoms with Crippen molar-refractivity contribution in [1.29, 1.82) is 0 Å². The summed E-state index contributed by atoms with van der Waals surface area (Å²) in [5.74, 6) is 0.301. The maximum absolute atomic E-state index is 12.7. The van der Waals surface area contributed by atoms with Crippen LogP contribution in [0.15, 0.2) is 24.4 Å². The molecule has 3 rings (SSSR count). The van der Waals surface area contributed by atoms with Gasteiger partial charge in [-0.3, -0.25) is 14.5 Å². The number of nitrogens with zero attached hydrogens (tertiary/aromatic N) is 1. The molecule has 0 radical (unpaired) electrons. The van der Waals surface area contributed by atoms with Crippen molar-refractivity contribution in [3.05, 3.63) is 35.0 Å². The first kappa shape index (κ1) is 24.1. The summed E-state index contributed by atoms with van der Waals surface area (Å²) in [6, 6.07) is 4.65. The van der Waals surface area contributed by atoms with E-state index in [1.807, 2.05) is 31.3 Å². The fourth-order valence-corrected chi connectivity index (χ4v) is 4.27. The highest BCUT2D eigenvalue weighted by atomic mass is 35.5. The molecule has 7 nitrogen and oxygen atoms in total. The van der Waals surface area contributed by atoms with Crippen LogP contribution in [0.2, 0.25) is 5.02 Å². The molecule has 1 aliphatic heterocycles. The van der Waals surface area contributed by atoms with E-state index in [9.17, 15) is 14.4 Å². The normalized spacial score (nSPS) is 17.3. The lowest BCUT2D eigenvalue weighted by molar-refractivity contribution is -0.127. The number of nitrogens with one attached hydrogen (secondary N) is 3. The minimum absolute atomic E-state index is 0.0850. The van der Waals surface area contributed by atoms with Crippen LogP contribution in [0.4, 0.5) is 4.79 Å². The molecule has 1 saturated heterocycles. The van der Waals surface area contributed by atoms with E-state index in [1.165, 1.54) is 4.90 Å². The first-order valence-corrected chi connectivity index (χ1v) is 11.8. The highest BCUT2D eigenvalue weighted by Gasteiger charge is 2.37. The van der Waals surface area contributed by atoms with Crippen molar-refractivity contribution >= 4 is 40.3 Å². The number of carbonyl (C=O) groups excluding carboxylic acids is 3. The number of fused-ring (bicyclic) bond motifs is 1. The average Bonchev–Trinajstić information content (AvgIpc) is 3.24. The molecule has 0 aliphatic carbocycles. The van der Waals surface area contributed by atoms with Crippen LogP contribution in [0.25, 0.3) is 10.9 Å². The Kier molecular flexibility index (Phi) is 8.18. The largest absolute Gasteiger partial charge is 0.361 e.